The van der Waals surface area contributed by atoms with Crippen molar-refractivity contribution in [3.8, 4) is 6.07 Å². The lowest BCUT2D eigenvalue weighted by Crippen LogP contribution is -2.65. The van der Waals surface area contributed by atoms with Gasteiger partial charge in [-0.1, -0.05) is 87.9 Å². The third-order valence-corrected chi connectivity index (χ3v) is 11.9. The van der Waals surface area contributed by atoms with Crippen LogP contribution in [-0.2, 0) is 4.74 Å². The van der Waals surface area contributed by atoms with Crippen LogP contribution in [-0.4, -0.2) is 26.3 Å². The number of nitrogens with zero attached hydrogens (tertiary/aromatic N) is 1. The summed E-state index contributed by atoms with van der Waals surface area (Å²) in [6, 6.07) is 23.0. The van der Waals surface area contributed by atoms with Crippen molar-refractivity contribution in [2.75, 3.05) is 13.2 Å². The van der Waals surface area contributed by atoms with Gasteiger partial charge in [-0.3, -0.25) is 0 Å². The summed E-state index contributed by atoms with van der Waals surface area (Å²) in [5.74, 6) is 1.38. The summed E-state index contributed by atoms with van der Waals surface area (Å²) >= 11 is 0. The molecule has 3 nitrogen and oxygen atoms in total. The first kappa shape index (κ1) is 24.7. The normalized spacial score (nSPS) is 21.4. The molecule has 0 amide bonds. The van der Waals surface area contributed by atoms with Crippen molar-refractivity contribution in [2.24, 2.45) is 17.8 Å². The fourth-order valence-electron chi connectivity index (χ4n) is 5.68. The van der Waals surface area contributed by atoms with Crippen LogP contribution >= 0.6 is 0 Å². The van der Waals surface area contributed by atoms with E-state index in [1.165, 1.54) is 0 Å². The molecule has 2 aromatic rings. The molecular formula is C28H39NO2Si. The summed E-state index contributed by atoms with van der Waals surface area (Å²) in [6.45, 7) is 8.29. The molecule has 1 fully saturated rings. The second-order valence-corrected chi connectivity index (χ2v) is 14.1. The van der Waals surface area contributed by atoms with Crippen molar-refractivity contribution in [1.29, 1.82) is 5.26 Å². The smallest absolute Gasteiger partial charge is 0.258 e. The van der Waals surface area contributed by atoms with Crippen LogP contribution in [0.4, 0.5) is 0 Å². The van der Waals surface area contributed by atoms with E-state index in [0.717, 1.165) is 55.7 Å². The van der Waals surface area contributed by atoms with Crippen molar-refractivity contribution in [2.45, 2.75) is 64.3 Å². The van der Waals surface area contributed by atoms with Gasteiger partial charge in [0, 0.05) is 19.6 Å². The van der Waals surface area contributed by atoms with E-state index in [9.17, 15) is 10.1 Å². The van der Waals surface area contributed by atoms with E-state index in [-0.39, 0.29) is 5.04 Å². The fourth-order valence-corrected chi connectivity index (χ4v) is 9.48. The average Bonchev–Trinajstić information content (AvgIpc) is 3.17. The molecule has 0 heterocycles. The molecule has 0 aliphatic heterocycles. The summed E-state index contributed by atoms with van der Waals surface area (Å²) in [5, 5.41) is 11.2. The number of nitriles is 1. The number of hydrogen-bond donors (Lipinski definition) is 1. The highest BCUT2D eigenvalue weighted by molar-refractivity contribution is 6.98. The molecule has 0 aromatic heterocycles. The minimum absolute atomic E-state index is 0.260. The molecule has 1 unspecified atom stereocenters. The molecule has 4 heteroatoms. The zero-order chi connectivity index (χ0) is 23.0. The number of benzene rings is 2. The zero-order valence-corrected chi connectivity index (χ0v) is 21.0. The summed E-state index contributed by atoms with van der Waals surface area (Å²) in [5.41, 5.74) is 0. The molecule has 1 N–H and O–H groups in total. The van der Waals surface area contributed by atoms with Crippen LogP contribution in [0.25, 0.3) is 0 Å². The summed E-state index contributed by atoms with van der Waals surface area (Å²) < 4.78 is 6.05. The van der Waals surface area contributed by atoms with Gasteiger partial charge in [-0.05, 0) is 58.8 Å². The fraction of sp³-hybridized carbons (Fsp3) is 0.536. The first-order valence-electron chi connectivity index (χ1n) is 12.2. The van der Waals surface area contributed by atoms with Crippen LogP contribution in [0, 0.1) is 29.1 Å². The molecule has 0 saturated heterocycles. The molecule has 1 aliphatic carbocycles. The third-order valence-electron chi connectivity index (χ3n) is 7.43. The Morgan fingerprint density at radius 1 is 1.00 bits per heavy atom. The lowest BCUT2D eigenvalue weighted by atomic mass is 9.88. The van der Waals surface area contributed by atoms with E-state index in [1.807, 2.05) is 36.4 Å². The van der Waals surface area contributed by atoms with Crippen LogP contribution < -0.4 is 10.4 Å². The van der Waals surface area contributed by atoms with Crippen molar-refractivity contribution in [1.82, 2.24) is 0 Å². The number of ether oxygens (including phenoxy) is 1. The number of unbranched alkanes of at least 4 members (excludes halogenated alkanes) is 1. The standard InChI is InChI=1S/C28H39NO2Si/c1-4-5-18-31-22-25-20-23(16-17-29)19-24(25)21-28(2,3)32(30,26-12-8-6-9-13-26)27-14-10-7-11-15-27/h6-15,23-25,30H,4-5,16,18-22H2,1-3H3/t23?,24-,25-/m0/s1. The summed E-state index contributed by atoms with van der Waals surface area (Å²) in [4.78, 5) is 12.5. The maximum Gasteiger partial charge on any atom is 0.258 e. The molecule has 2 aromatic carbocycles. The zero-order valence-electron chi connectivity index (χ0n) is 20.0. The summed E-state index contributed by atoms with van der Waals surface area (Å²) in [7, 11) is -3.02. The highest BCUT2D eigenvalue weighted by atomic mass is 28.4. The monoisotopic (exact) mass is 449 g/mol. The number of hydrogen-bond acceptors (Lipinski definition) is 3. The predicted octanol–water partition coefficient (Wildman–Crippen LogP) is 5.28. The molecule has 172 valence electrons. The van der Waals surface area contributed by atoms with E-state index in [4.69, 9.17) is 4.74 Å². The van der Waals surface area contributed by atoms with Gasteiger partial charge in [0.1, 0.15) is 0 Å². The second kappa shape index (κ2) is 11.3. The van der Waals surface area contributed by atoms with Gasteiger partial charge in [-0.25, -0.2) is 0 Å². The minimum Gasteiger partial charge on any atom is -0.424 e. The van der Waals surface area contributed by atoms with Crippen molar-refractivity contribution < 1.29 is 9.53 Å². The molecule has 1 aliphatic rings. The molecule has 3 rings (SSSR count). The minimum atomic E-state index is -3.02. The molecule has 32 heavy (non-hydrogen) atoms. The average molecular weight is 450 g/mol. The third kappa shape index (κ3) is 5.51. The Morgan fingerprint density at radius 2 is 1.56 bits per heavy atom. The quantitative estimate of drug-likeness (QED) is 0.375. The van der Waals surface area contributed by atoms with Crippen LogP contribution in [0.2, 0.25) is 5.04 Å². The Labute approximate surface area is 195 Å². The Balaban J connectivity index is 1.88. The van der Waals surface area contributed by atoms with Gasteiger partial charge in [-0.15, -0.1) is 0 Å². The first-order valence-corrected chi connectivity index (χ1v) is 14.1. The van der Waals surface area contributed by atoms with E-state index >= 15 is 0 Å². The molecule has 1 saturated carbocycles. The van der Waals surface area contributed by atoms with E-state index in [2.05, 4.69) is 51.1 Å². The molecule has 3 atom stereocenters. The molecule has 0 bridgehead atoms. The van der Waals surface area contributed by atoms with Gasteiger partial charge in [0.15, 0.2) is 0 Å². The Morgan fingerprint density at radius 3 is 2.09 bits per heavy atom. The lowest BCUT2D eigenvalue weighted by Gasteiger charge is -2.43. The molecule has 0 radical (unpaired) electrons. The van der Waals surface area contributed by atoms with Crippen LogP contribution in [0.15, 0.2) is 60.7 Å². The van der Waals surface area contributed by atoms with Gasteiger partial charge in [0.05, 0.1) is 6.07 Å². The highest BCUT2D eigenvalue weighted by Crippen LogP contribution is 2.49. The first-order chi connectivity index (χ1) is 15.4. The van der Waals surface area contributed by atoms with Crippen molar-refractivity contribution in [3.05, 3.63) is 60.7 Å². The van der Waals surface area contributed by atoms with Crippen molar-refractivity contribution >= 4 is 18.7 Å². The Bertz CT molecular complexity index is 823. The van der Waals surface area contributed by atoms with Gasteiger partial charge in [0.2, 0.25) is 0 Å². The topological polar surface area (TPSA) is 53.2 Å². The summed E-state index contributed by atoms with van der Waals surface area (Å²) in [6.07, 6.45) is 5.94. The SMILES string of the molecule is CCCCOC[C@@H]1CC(CC#N)C[C@H]1CC(C)(C)[Si](O)(c1ccccc1)c1ccccc1. The van der Waals surface area contributed by atoms with Gasteiger partial charge in [-0.2, -0.15) is 5.26 Å². The van der Waals surface area contributed by atoms with E-state index < -0.39 is 8.32 Å². The molecule has 0 spiro atoms. The van der Waals surface area contributed by atoms with Crippen LogP contribution in [0.1, 0.15) is 59.3 Å². The maximum atomic E-state index is 12.5. The van der Waals surface area contributed by atoms with E-state index in [0.29, 0.717) is 24.2 Å². The number of rotatable bonds is 11. The van der Waals surface area contributed by atoms with Crippen molar-refractivity contribution in [3.63, 3.8) is 0 Å². The molecular weight excluding hydrogens is 410 g/mol. The van der Waals surface area contributed by atoms with Crippen LogP contribution in [0.5, 0.6) is 0 Å². The highest BCUT2D eigenvalue weighted by Gasteiger charge is 2.52. The Hall–Kier alpha value is -1.93. The second-order valence-electron chi connectivity index (χ2n) is 10.2. The van der Waals surface area contributed by atoms with Gasteiger partial charge >= 0.3 is 0 Å². The lowest BCUT2D eigenvalue weighted by molar-refractivity contribution is 0.0793. The van der Waals surface area contributed by atoms with Gasteiger partial charge in [0.25, 0.3) is 8.32 Å². The largest absolute Gasteiger partial charge is 0.424 e. The maximum absolute atomic E-state index is 12.5. The van der Waals surface area contributed by atoms with Gasteiger partial charge < -0.3 is 9.53 Å². The Kier molecular flexibility index (Phi) is 8.70. The predicted molar refractivity (Wildman–Crippen MR) is 134 cm³/mol. The van der Waals surface area contributed by atoms with Crippen LogP contribution in [0.3, 0.4) is 0 Å². The van der Waals surface area contributed by atoms with E-state index in [1.54, 1.807) is 0 Å².